The number of nitriles is 1. The van der Waals surface area contributed by atoms with E-state index in [1.807, 2.05) is 77.4 Å². The van der Waals surface area contributed by atoms with E-state index >= 15 is 0 Å². The van der Waals surface area contributed by atoms with Crippen molar-refractivity contribution in [3.8, 4) is 28.6 Å². The maximum absolute atomic E-state index is 10.7. The van der Waals surface area contributed by atoms with Gasteiger partial charge in [0.2, 0.25) is 0 Å². The summed E-state index contributed by atoms with van der Waals surface area (Å²) in [4.78, 5) is 4.64. The zero-order valence-corrected chi connectivity index (χ0v) is 15.2. The zero-order valence-electron chi connectivity index (χ0n) is 15.2. The van der Waals surface area contributed by atoms with Crippen molar-refractivity contribution in [1.82, 2.24) is 9.55 Å². The fraction of sp³-hybridized carbons (Fsp3) is 0.0833. The van der Waals surface area contributed by atoms with Gasteiger partial charge in [-0.05, 0) is 17.7 Å². The van der Waals surface area contributed by atoms with Gasteiger partial charge in [0.15, 0.2) is 0 Å². The van der Waals surface area contributed by atoms with Crippen LogP contribution in [0.15, 0.2) is 91.3 Å². The minimum atomic E-state index is -0.642. The normalized spacial score (nSPS) is 11.7. The summed E-state index contributed by atoms with van der Waals surface area (Å²) >= 11 is 0. The van der Waals surface area contributed by atoms with Crippen LogP contribution < -0.4 is 0 Å². The van der Waals surface area contributed by atoms with Crippen LogP contribution in [0, 0.1) is 11.3 Å². The summed E-state index contributed by atoms with van der Waals surface area (Å²) in [5.74, 6) is 0. The fourth-order valence-corrected chi connectivity index (χ4v) is 3.30. The quantitative estimate of drug-likeness (QED) is 0.551. The molecule has 0 unspecified atom stereocenters. The monoisotopic (exact) mass is 365 g/mol. The van der Waals surface area contributed by atoms with Crippen LogP contribution in [0.2, 0.25) is 0 Å². The number of aliphatic hydroxyl groups is 1. The first kappa shape index (κ1) is 17.7. The van der Waals surface area contributed by atoms with Gasteiger partial charge in [-0.15, -0.1) is 0 Å². The van der Waals surface area contributed by atoms with E-state index in [1.165, 1.54) is 0 Å². The number of rotatable bonds is 5. The van der Waals surface area contributed by atoms with E-state index in [2.05, 4.69) is 11.1 Å². The van der Waals surface area contributed by atoms with Gasteiger partial charge in [-0.2, -0.15) is 5.26 Å². The van der Waals surface area contributed by atoms with Crippen molar-refractivity contribution < 1.29 is 5.11 Å². The molecule has 1 atom stereocenters. The van der Waals surface area contributed by atoms with Gasteiger partial charge in [0, 0.05) is 11.1 Å². The lowest BCUT2D eigenvalue weighted by Crippen LogP contribution is -2.09. The molecule has 4 heteroatoms. The Balaban J connectivity index is 1.78. The Hall–Kier alpha value is -3.68. The number of hydrogen-bond donors (Lipinski definition) is 1. The molecule has 0 saturated carbocycles. The molecule has 0 bridgehead atoms. The minimum absolute atomic E-state index is 0.388. The van der Waals surface area contributed by atoms with E-state index in [4.69, 9.17) is 5.26 Å². The number of aliphatic hydroxyl groups excluding tert-OH is 1. The van der Waals surface area contributed by atoms with Crippen LogP contribution in [-0.2, 0) is 6.54 Å². The average molecular weight is 365 g/mol. The Kier molecular flexibility index (Phi) is 5.01. The molecule has 0 aliphatic heterocycles. The SMILES string of the molecule is N#Cc1ccc(-c2c(-c3ccccc3)ncn2C[C@H](O)c2ccccc2)cc1. The van der Waals surface area contributed by atoms with Crippen LogP contribution in [0.25, 0.3) is 22.5 Å². The van der Waals surface area contributed by atoms with Crippen LogP contribution in [0.3, 0.4) is 0 Å². The molecule has 28 heavy (non-hydrogen) atoms. The summed E-state index contributed by atoms with van der Waals surface area (Å²) in [6.45, 7) is 0.388. The summed E-state index contributed by atoms with van der Waals surface area (Å²) in [7, 11) is 0. The minimum Gasteiger partial charge on any atom is -0.387 e. The van der Waals surface area contributed by atoms with E-state index in [0.29, 0.717) is 12.1 Å². The molecule has 0 spiro atoms. The second kappa shape index (κ2) is 7.91. The molecule has 3 aromatic carbocycles. The Labute approximate surface area is 164 Å². The second-order valence-corrected chi connectivity index (χ2v) is 6.58. The number of imidazole rings is 1. The van der Waals surface area contributed by atoms with Crippen molar-refractivity contribution in [2.24, 2.45) is 0 Å². The maximum atomic E-state index is 10.7. The number of hydrogen-bond acceptors (Lipinski definition) is 3. The van der Waals surface area contributed by atoms with Crippen LogP contribution in [0.4, 0.5) is 0 Å². The first-order valence-corrected chi connectivity index (χ1v) is 9.10. The third kappa shape index (κ3) is 3.57. The molecule has 0 aliphatic carbocycles. The fourth-order valence-electron chi connectivity index (χ4n) is 3.30. The van der Waals surface area contributed by atoms with E-state index < -0.39 is 6.10 Å². The highest BCUT2D eigenvalue weighted by Crippen LogP contribution is 2.32. The lowest BCUT2D eigenvalue weighted by Gasteiger charge is -2.15. The molecule has 1 N–H and O–H groups in total. The molecule has 0 aliphatic rings. The highest BCUT2D eigenvalue weighted by atomic mass is 16.3. The summed E-state index contributed by atoms with van der Waals surface area (Å²) in [5, 5.41) is 19.8. The Morgan fingerprint density at radius 3 is 2.14 bits per heavy atom. The lowest BCUT2D eigenvalue weighted by atomic mass is 10.0. The largest absolute Gasteiger partial charge is 0.387 e. The highest BCUT2D eigenvalue weighted by Gasteiger charge is 2.17. The van der Waals surface area contributed by atoms with Gasteiger partial charge in [0.05, 0.1) is 42.0 Å². The number of benzene rings is 3. The van der Waals surface area contributed by atoms with Crippen molar-refractivity contribution in [2.75, 3.05) is 0 Å². The van der Waals surface area contributed by atoms with E-state index in [0.717, 1.165) is 28.1 Å². The predicted molar refractivity (Wildman–Crippen MR) is 109 cm³/mol. The van der Waals surface area contributed by atoms with E-state index in [1.54, 1.807) is 18.5 Å². The molecule has 0 fully saturated rings. The second-order valence-electron chi connectivity index (χ2n) is 6.58. The van der Waals surface area contributed by atoms with Crippen molar-refractivity contribution in [3.63, 3.8) is 0 Å². The van der Waals surface area contributed by atoms with Crippen LogP contribution >= 0.6 is 0 Å². The molecular formula is C24H19N3O. The van der Waals surface area contributed by atoms with Gasteiger partial charge in [-0.3, -0.25) is 0 Å². The summed E-state index contributed by atoms with van der Waals surface area (Å²) in [5.41, 5.74) is 5.21. The Morgan fingerprint density at radius 2 is 1.50 bits per heavy atom. The Morgan fingerprint density at radius 1 is 0.857 bits per heavy atom. The summed E-state index contributed by atoms with van der Waals surface area (Å²) in [6.07, 6.45) is 1.12. The standard InChI is InChI=1S/C24H19N3O/c25-15-18-11-13-21(14-12-18)24-23(20-9-5-2-6-10-20)26-17-27(24)16-22(28)19-7-3-1-4-8-19/h1-14,17,22,28H,16H2/t22-/m0/s1. The van der Waals surface area contributed by atoms with Crippen molar-refractivity contribution in [3.05, 3.63) is 102 Å². The van der Waals surface area contributed by atoms with Gasteiger partial charge in [-0.25, -0.2) is 4.98 Å². The molecule has 1 aromatic heterocycles. The van der Waals surface area contributed by atoms with Gasteiger partial charge in [0.1, 0.15) is 0 Å². The summed E-state index contributed by atoms with van der Waals surface area (Å²) < 4.78 is 1.97. The average Bonchev–Trinajstić information content (AvgIpc) is 3.18. The molecule has 1 heterocycles. The van der Waals surface area contributed by atoms with Crippen LogP contribution in [0.1, 0.15) is 17.2 Å². The number of aromatic nitrogens is 2. The first-order chi connectivity index (χ1) is 13.8. The lowest BCUT2D eigenvalue weighted by molar-refractivity contribution is 0.157. The van der Waals surface area contributed by atoms with Crippen molar-refractivity contribution >= 4 is 0 Å². The molecule has 136 valence electrons. The van der Waals surface area contributed by atoms with Crippen molar-refractivity contribution in [2.45, 2.75) is 12.6 Å². The zero-order chi connectivity index (χ0) is 19.3. The number of nitrogens with zero attached hydrogens (tertiary/aromatic N) is 3. The molecule has 4 aromatic rings. The van der Waals surface area contributed by atoms with Gasteiger partial charge < -0.3 is 9.67 Å². The Bertz CT molecular complexity index is 1090. The van der Waals surface area contributed by atoms with Gasteiger partial charge >= 0.3 is 0 Å². The molecule has 0 saturated heterocycles. The summed E-state index contributed by atoms with van der Waals surface area (Å²) in [6, 6.07) is 29.2. The molecule has 4 nitrogen and oxygen atoms in total. The topological polar surface area (TPSA) is 61.8 Å². The molecule has 0 amide bonds. The highest BCUT2D eigenvalue weighted by molar-refractivity contribution is 5.78. The third-order valence-electron chi connectivity index (χ3n) is 4.73. The van der Waals surface area contributed by atoms with Crippen molar-refractivity contribution in [1.29, 1.82) is 5.26 Å². The molecule has 4 rings (SSSR count). The van der Waals surface area contributed by atoms with E-state index in [-0.39, 0.29) is 0 Å². The first-order valence-electron chi connectivity index (χ1n) is 9.10. The van der Waals surface area contributed by atoms with Gasteiger partial charge in [0.25, 0.3) is 0 Å². The third-order valence-corrected chi connectivity index (χ3v) is 4.73. The van der Waals surface area contributed by atoms with Crippen LogP contribution in [-0.4, -0.2) is 14.7 Å². The van der Waals surface area contributed by atoms with Crippen LogP contribution in [0.5, 0.6) is 0 Å². The smallest absolute Gasteiger partial charge is 0.0991 e. The molecule has 0 radical (unpaired) electrons. The van der Waals surface area contributed by atoms with Gasteiger partial charge in [-0.1, -0.05) is 72.8 Å². The maximum Gasteiger partial charge on any atom is 0.0991 e. The molecular weight excluding hydrogens is 346 g/mol. The van der Waals surface area contributed by atoms with E-state index in [9.17, 15) is 5.11 Å². The predicted octanol–water partition coefficient (Wildman–Crippen LogP) is 4.82.